The molecule has 1 aliphatic rings. The highest BCUT2D eigenvalue weighted by atomic mass is 35.5. The zero-order chi connectivity index (χ0) is 20.1. The number of rotatable bonds is 6. The smallest absolute Gasteiger partial charge is 0.340 e. The minimum absolute atomic E-state index is 0.134. The fourth-order valence-corrected chi connectivity index (χ4v) is 2.96. The van der Waals surface area contributed by atoms with Crippen molar-refractivity contribution in [2.24, 2.45) is 0 Å². The summed E-state index contributed by atoms with van der Waals surface area (Å²) in [6, 6.07) is 10.1. The van der Waals surface area contributed by atoms with Crippen LogP contribution in [0.1, 0.15) is 22.8 Å². The van der Waals surface area contributed by atoms with E-state index < -0.39 is 5.97 Å². The topological polar surface area (TPSA) is 91.1 Å². The van der Waals surface area contributed by atoms with Crippen LogP contribution >= 0.6 is 11.6 Å². The van der Waals surface area contributed by atoms with Gasteiger partial charge in [-0.05, 0) is 42.8 Å². The van der Waals surface area contributed by atoms with E-state index in [0.29, 0.717) is 42.8 Å². The zero-order valence-corrected chi connectivity index (χ0v) is 16.2. The number of hydrogen-bond donors (Lipinski definition) is 1. The molecule has 0 saturated heterocycles. The number of carbonyl (C=O) groups is 2. The number of amides is 1. The first kappa shape index (κ1) is 19.8. The summed E-state index contributed by atoms with van der Waals surface area (Å²) in [6.45, 7) is 3.31. The number of likely N-dealkylation sites (N-methyl/N-ethyl adjacent to an activating group) is 1. The number of carbonyl (C=O) groups excluding carboxylic acids is 2. The summed E-state index contributed by atoms with van der Waals surface area (Å²) in [5.41, 5.74) is 7.03. The third-order valence-corrected chi connectivity index (χ3v) is 4.51. The van der Waals surface area contributed by atoms with Gasteiger partial charge in [-0.15, -0.1) is 0 Å². The first-order valence-corrected chi connectivity index (χ1v) is 9.24. The fourth-order valence-electron chi connectivity index (χ4n) is 2.78. The molecule has 8 heteroatoms. The standard InChI is InChI=1S/C20H21ClN2O5/c1-2-23(11-13-3-6-17-18(9-13)27-8-7-26-17)19(24)12-28-20(25)15-10-14(21)4-5-16(15)22/h3-6,9-10H,2,7-8,11-12,22H2,1H3. The molecule has 2 aromatic rings. The van der Waals surface area contributed by atoms with E-state index in [9.17, 15) is 9.59 Å². The van der Waals surface area contributed by atoms with E-state index >= 15 is 0 Å². The monoisotopic (exact) mass is 404 g/mol. The highest BCUT2D eigenvalue weighted by molar-refractivity contribution is 6.31. The molecule has 0 radical (unpaired) electrons. The molecule has 0 unspecified atom stereocenters. The van der Waals surface area contributed by atoms with Crippen molar-refractivity contribution in [1.29, 1.82) is 0 Å². The van der Waals surface area contributed by atoms with Gasteiger partial charge in [0.1, 0.15) is 13.2 Å². The molecule has 0 spiro atoms. The lowest BCUT2D eigenvalue weighted by Crippen LogP contribution is -2.34. The first-order valence-electron chi connectivity index (χ1n) is 8.86. The normalized spacial score (nSPS) is 12.4. The molecule has 0 aliphatic carbocycles. The molecule has 0 aromatic heterocycles. The molecule has 2 aromatic carbocycles. The maximum atomic E-state index is 12.5. The highest BCUT2D eigenvalue weighted by Crippen LogP contribution is 2.31. The van der Waals surface area contributed by atoms with Crippen LogP contribution in [0.5, 0.6) is 11.5 Å². The minimum atomic E-state index is -0.691. The van der Waals surface area contributed by atoms with E-state index in [-0.39, 0.29) is 23.8 Å². The van der Waals surface area contributed by atoms with Crippen LogP contribution in [0.3, 0.4) is 0 Å². The van der Waals surface area contributed by atoms with E-state index in [1.165, 1.54) is 12.1 Å². The SMILES string of the molecule is CCN(Cc1ccc2c(c1)OCCO2)C(=O)COC(=O)c1cc(Cl)ccc1N. The van der Waals surface area contributed by atoms with Crippen LogP contribution in [0.2, 0.25) is 5.02 Å². The molecule has 1 heterocycles. The number of nitrogens with zero attached hydrogens (tertiary/aromatic N) is 1. The lowest BCUT2D eigenvalue weighted by atomic mass is 10.1. The molecule has 2 N–H and O–H groups in total. The lowest BCUT2D eigenvalue weighted by molar-refractivity contribution is -0.134. The van der Waals surface area contributed by atoms with Crippen LogP contribution in [0.15, 0.2) is 36.4 Å². The van der Waals surface area contributed by atoms with E-state index in [1.54, 1.807) is 11.0 Å². The van der Waals surface area contributed by atoms with Crippen molar-refractivity contribution < 1.29 is 23.8 Å². The largest absolute Gasteiger partial charge is 0.486 e. The lowest BCUT2D eigenvalue weighted by Gasteiger charge is -2.23. The first-order chi connectivity index (χ1) is 13.5. The quantitative estimate of drug-likeness (QED) is 0.588. The third-order valence-electron chi connectivity index (χ3n) is 4.28. The van der Waals surface area contributed by atoms with Gasteiger partial charge in [0.15, 0.2) is 18.1 Å². The minimum Gasteiger partial charge on any atom is -0.486 e. The number of fused-ring (bicyclic) bond motifs is 1. The van der Waals surface area contributed by atoms with Gasteiger partial charge in [-0.3, -0.25) is 4.79 Å². The summed E-state index contributed by atoms with van der Waals surface area (Å²) in [5, 5.41) is 0.362. The Morgan fingerprint density at radius 3 is 2.64 bits per heavy atom. The van der Waals surface area contributed by atoms with Crippen LogP contribution < -0.4 is 15.2 Å². The molecule has 148 valence electrons. The molecule has 0 bridgehead atoms. The van der Waals surface area contributed by atoms with E-state index in [1.807, 2.05) is 25.1 Å². The number of nitrogens with two attached hydrogens (primary N) is 1. The second kappa shape index (κ2) is 8.84. The summed E-state index contributed by atoms with van der Waals surface area (Å²) in [6.07, 6.45) is 0. The molecule has 28 heavy (non-hydrogen) atoms. The Morgan fingerprint density at radius 1 is 1.14 bits per heavy atom. The van der Waals surface area contributed by atoms with Crippen molar-refractivity contribution in [3.63, 3.8) is 0 Å². The van der Waals surface area contributed by atoms with Gasteiger partial charge in [-0.1, -0.05) is 17.7 Å². The molecule has 0 atom stereocenters. The maximum Gasteiger partial charge on any atom is 0.340 e. The average Bonchev–Trinajstić information content (AvgIpc) is 2.71. The van der Waals surface area contributed by atoms with E-state index in [0.717, 1.165) is 5.56 Å². The summed E-state index contributed by atoms with van der Waals surface area (Å²) in [4.78, 5) is 26.3. The van der Waals surface area contributed by atoms with Crippen LogP contribution in [0.25, 0.3) is 0 Å². The second-order valence-corrected chi connectivity index (χ2v) is 6.63. The van der Waals surface area contributed by atoms with Gasteiger partial charge in [0.05, 0.1) is 5.56 Å². The van der Waals surface area contributed by atoms with Crippen molar-refractivity contribution >= 4 is 29.2 Å². The van der Waals surface area contributed by atoms with Gasteiger partial charge < -0.3 is 24.8 Å². The molecule has 0 fully saturated rings. The van der Waals surface area contributed by atoms with Crippen molar-refractivity contribution in [2.75, 3.05) is 32.1 Å². The Bertz CT molecular complexity index is 887. The van der Waals surface area contributed by atoms with Gasteiger partial charge in [-0.25, -0.2) is 4.79 Å². The molecular weight excluding hydrogens is 384 g/mol. The summed E-state index contributed by atoms with van der Waals surface area (Å²) >= 11 is 5.88. The van der Waals surface area contributed by atoms with Gasteiger partial charge >= 0.3 is 5.97 Å². The van der Waals surface area contributed by atoms with Crippen molar-refractivity contribution in [3.05, 3.63) is 52.5 Å². The molecule has 1 aliphatic heterocycles. The molecule has 3 rings (SSSR count). The summed E-state index contributed by atoms with van der Waals surface area (Å²) in [5.74, 6) is 0.350. The molecule has 1 amide bonds. The zero-order valence-electron chi connectivity index (χ0n) is 15.4. The van der Waals surface area contributed by atoms with Crippen LogP contribution in [-0.2, 0) is 16.1 Å². The van der Waals surface area contributed by atoms with Gasteiger partial charge in [0.2, 0.25) is 0 Å². The van der Waals surface area contributed by atoms with Crippen LogP contribution in [0.4, 0.5) is 5.69 Å². The number of hydrogen-bond acceptors (Lipinski definition) is 6. The Hall–Kier alpha value is -2.93. The average molecular weight is 405 g/mol. The number of benzene rings is 2. The summed E-state index contributed by atoms with van der Waals surface area (Å²) < 4.78 is 16.2. The van der Waals surface area contributed by atoms with Gasteiger partial charge in [-0.2, -0.15) is 0 Å². The predicted octanol–water partition coefficient (Wildman–Crippen LogP) is 2.90. The molecule has 7 nitrogen and oxygen atoms in total. The van der Waals surface area contributed by atoms with Crippen molar-refractivity contribution in [3.8, 4) is 11.5 Å². The van der Waals surface area contributed by atoms with Crippen molar-refractivity contribution in [1.82, 2.24) is 4.90 Å². The fraction of sp³-hybridized carbons (Fsp3) is 0.300. The van der Waals surface area contributed by atoms with Crippen LogP contribution in [0, 0.1) is 0 Å². The highest BCUT2D eigenvalue weighted by Gasteiger charge is 2.19. The van der Waals surface area contributed by atoms with E-state index in [4.69, 9.17) is 31.5 Å². The van der Waals surface area contributed by atoms with Crippen molar-refractivity contribution in [2.45, 2.75) is 13.5 Å². The predicted molar refractivity (Wildman–Crippen MR) is 105 cm³/mol. The molecular formula is C20H21ClN2O5. The number of nitrogen functional groups attached to an aromatic ring is 1. The second-order valence-electron chi connectivity index (χ2n) is 6.19. The van der Waals surface area contributed by atoms with Gasteiger partial charge in [0, 0.05) is 23.8 Å². The number of anilines is 1. The Labute approximate surface area is 167 Å². The number of esters is 1. The maximum absolute atomic E-state index is 12.5. The Kier molecular flexibility index (Phi) is 6.26. The molecule has 0 saturated carbocycles. The summed E-state index contributed by atoms with van der Waals surface area (Å²) in [7, 11) is 0. The number of halogens is 1. The third kappa shape index (κ3) is 4.67. The van der Waals surface area contributed by atoms with Crippen LogP contribution in [-0.4, -0.2) is 43.1 Å². The number of ether oxygens (including phenoxy) is 3. The Balaban J connectivity index is 1.60. The van der Waals surface area contributed by atoms with E-state index in [2.05, 4.69) is 0 Å². The van der Waals surface area contributed by atoms with Gasteiger partial charge in [0.25, 0.3) is 5.91 Å². The Morgan fingerprint density at radius 2 is 1.89 bits per heavy atom.